The maximum atomic E-state index is 10.7. The molecular weight excluding hydrogens is 324 g/mol. The molecule has 0 spiro atoms. The monoisotopic (exact) mass is 362 g/mol. The molecule has 0 fully saturated rings. The minimum atomic E-state index is -0.307. The topological polar surface area (TPSA) is 85.2 Å². The number of esters is 1. The van der Waals surface area contributed by atoms with Gasteiger partial charge in [-0.3, -0.25) is 0 Å². The van der Waals surface area contributed by atoms with Crippen LogP contribution in [0.1, 0.15) is 58.3 Å². The lowest BCUT2D eigenvalue weighted by molar-refractivity contribution is -0.137. The summed E-state index contributed by atoms with van der Waals surface area (Å²) < 4.78 is 14.6. The first kappa shape index (κ1) is 26.3. The van der Waals surface area contributed by atoms with Gasteiger partial charge in [-0.15, -0.1) is 0 Å². The third-order valence-corrected chi connectivity index (χ3v) is 3.25. The molecule has 2 N–H and O–H groups in total. The highest BCUT2D eigenvalue weighted by Crippen LogP contribution is 2.08. The van der Waals surface area contributed by atoms with Gasteiger partial charge in [-0.2, -0.15) is 0 Å². The number of carbonyl (C=O) groups excluding carboxylic acids is 1. The molecule has 0 aliphatic rings. The number of aliphatic hydroxyl groups excluding tert-OH is 2. The van der Waals surface area contributed by atoms with Crippen LogP contribution < -0.4 is 0 Å². The molecule has 6 heteroatoms. The largest absolute Gasteiger partial charge is 0.463 e. The van der Waals surface area contributed by atoms with Crippen LogP contribution in [0.15, 0.2) is 12.7 Å². The summed E-state index contributed by atoms with van der Waals surface area (Å²) in [5.74, 6) is -0.307. The number of hydrogen-bond donors (Lipinski definition) is 2. The first-order valence-corrected chi connectivity index (χ1v) is 9.39. The van der Waals surface area contributed by atoms with E-state index in [2.05, 4.69) is 13.5 Å². The third-order valence-electron chi connectivity index (χ3n) is 3.25. The predicted molar refractivity (Wildman–Crippen MR) is 99.6 cm³/mol. The smallest absolute Gasteiger partial charge is 0.330 e. The van der Waals surface area contributed by atoms with Gasteiger partial charge in [-0.1, -0.05) is 58.4 Å². The van der Waals surface area contributed by atoms with Crippen molar-refractivity contribution in [2.24, 2.45) is 0 Å². The van der Waals surface area contributed by atoms with Gasteiger partial charge in [0.1, 0.15) is 0 Å². The quantitative estimate of drug-likeness (QED) is 0.235. The van der Waals surface area contributed by atoms with E-state index < -0.39 is 0 Å². The molecule has 6 nitrogen and oxygen atoms in total. The van der Waals surface area contributed by atoms with Gasteiger partial charge in [0.25, 0.3) is 0 Å². The van der Waals surface area contributed by atoms with E-state index in [0.29, 0.717) is 33.0 Å². The Balaban J connectivity index is 0. The van der Waals surface area contributed by atoms with Crippen LogP contribution in [-0.4, -0.2) is 62.4 Å². The molecule has 0 rings (SSSR count). The first-order chi connectivity index (χ1) is 12.2. The second-order valence-corrected chi connectivity index (χ2v) is 5.52. The van der Waals surface area contributed by atoms with Gasteiger partial charge < -0.3 is 24.4 Å². The lowest BCUT2D eigenvalue weighted by atomic mass is 10.1. The summed E-state index contributed by atoms with van der Waals surface area (Å²) in [6.07, 6.45) is 11.3. The highest BCUT2D eigenvalue weighted by atomic mass is 16.5. The number of hydrogen-bond acceptors (Lipinski definition) is 6. The molecule has 150 valence electrons. The summed E-state index contributed by atoms with van der Waals surface area (Å²) >= 11 is 0. The highest BCUT2D eigenvalue weighted by molar-refractivity contribution is 5.81. The predicted octanol–water partition coefficient (Wildman–Crippen LogP) is 2.86. The third kappa shape index (κ3) is 28.1. The van der Waals surface area contributed by atoms with E-state index in [1.807, 2.05) is 0 Å². The van der Waals surface area contributed by atoms with Crippen LogP contribution in [0.4, 0.5) is 0 Å². The lowest BCUT2D eigenvalue weighted by Gasteiger charge is -2.02. The van der Waals surface area contributed by atoms with Crippen LogP contribution in [0, 0.1) is 0 Å². The molecule has 0 aliphatic carbocycles. The van der Waals surface area contributed by atoms with Crippen molar-refractivity contribution in [3.63, 3.8) is 0 Å². The Kier molecular flexibility index (Phi) is 26.6. The Morgan fingerprint density at radius 3 is 1.72 bits per heavy atom. The molecule has 25 heavy (non-hydrogen) atoms. The second-order valence-electron chi connectivity index (χ2n) is 5.52. The molecule has 0 aromatic rings. The molecular formula is C19H38O6. The Hall–Kier alpha value is -0.950. The number of carbonyl (C=O) groups is 1. The summed E-state index contributed by atoms with van der Waals surface area (Å²) in [4.78, 5) is 10.7. The second kappa shape index (κ2) is 25.3. The molecule has 0 saturated carbocycles. The van der Waals surface area contributed by atoms with E-state index in [1.54, 1.807) is 0 Å². The van der Waals surface area contributed by atoms with Crippen molar-refractivity contribution < 1.29 is 29.2 Å². The van der Waals surface area contributed by atoms with Crippen molar-refractivity contribution in [1.29, 1.82) is 0 Å². The van der Waals surface area contributed by atoms with Gasteiger partial charge in [-0.05, 0) is 6.42 Å². The fourth-order valence-corrected chi connectivity index (χ4v) is 1.92. The van der Waals surface area contributed by atoms with E-state index in [-0.39, 0.29) is 19.2 Å². The van der Waals surface area contributed by atoms with Crippen LogP contribution >= 0.6 is 0 Å². The Morgan fingerprint density at radius 1 is 0.800 bits per heavy atom. The van der Waals surface area contributed by atoms with Crippen molar-refractivity contribution in [3.8, 4) is 0 Å². The molecule has 0 amide bonds. The zero-order valence-corrected chi connectivity index (χ0v) is 15.9. The Labute approximate surface area is 153 Å². The van der Waals surface area contributed by atoms with Gasteiger partial charge in [0.05, 0.1) is 46.2 Å². The Morgan fingerprint density at radius 2 is 1.28 bits per heavy atom. The molecule has 0 unspecified atom stereocenters. The van der Waals surface area contributed by atoms with Crippen LogP contribution in [0.25, 0.3) is 0 Å². The zero-order chi connectivity index (χ0) is 19.0. The van der Waals surface area contributed by atoms with E-state index in [9.17, 15) is 4.79 Å². The zero-order valence-electron chi connectivity index (χ0n) is 15.9. The van der Waals surface area contributed by atoms with Crippen LogP contribution in [0.2, 0.25) is 0 Å². The molecule has 0 bridgehead atoms. The van der Waals surface area contributed by atoms with Gasteiger partial charge in [0, 0.05) is 6.08 Å². The summed E-state index contributed by atoms with van der Waals surface area (Å²) in [6, 6.07) is 0. The fraction of sp³-hybridized carbons (Fsp3) is 0.842. The van der Waals surface area contributed by atoms with Gasteiger partial charge in [0.15, 0.2) is 0 Å². The van der Waals surface area contributed by atoms with Crippen molar-refractivity contribution in [2.45, 2.75) is 58.3 Å². The maximum Gasteiger partial charge on any atom is 0.330 e. The first-order valence-electron chi connectivity index (χ1n) is 9.39. The average molecular weight is 363 g/mol. The van der Waals surface area contributed by atoms with Crippen molar-refractivity contribution in [1.82, 2.24) is 0 Å². The van der Waals surface area contributed by atoms with Crippen LogP contribution in [0.3, 0.4) is 0 Å². The maximum absolute atomic E-state index is 10.7. The van der Waals surface area contributed by atoms with E-state index in [4.69, 9.17) is 24.4 Å². The summed E-state index contributed by atoms with van der Waals surface area (Å²) in [6.45, 7) is 7.84. The normalized spacial score (nSPS) is 10.0. The number of rotatable bonds is 17. The Bertz CT molecular complexity index is 263. The minimum Gasteiger partial charge on any atom is -0.463 e. The summed E-state index contributed by atoms with van der Waals surface area (Å²) in [5, 5.41) is 16.5. The average Bonchev–Trinajstić information content (AvgIpc) is 2.63. The number of aliphatic hydroxyl groups is 2. The molecule has 0 atom stereocenters. The highest BCUT2D eigenvalue weighted by Gasteiger charge is 1.95. The standard InChI is InChI=1S/C13H24O2.C6H14O4/c1-3-5-6-7-8-9-10-11-12-15-13(14)4-2;7-1-3-9-5-6-10-4-2-8/h4H,2-3,5-12H2,1H3;7-8H,1-6H2. The fourth-order valence-electron chi connectivity index (χ4n) is 1.92. The number of ether oxygens (including phenoxy) is 3. The minimum absolute atomic E-state index is 0.0417. The summed E-state index contributed by atoms with van der Waals surface area (Å²) in [5.41, 5.74) is 0. The molecule has 0 saturated heterocycles. The van der Waals surface area contributed by atoms with Crippen molar-refractivity contribution in [2.75, 3.05) is 46.2 Å². The molecule has 0 aromatic carbocycles. The van der Waals surface area contributed by atoms with Gasteiger partial charge in [-0.25, -0.2) is 4.79 Å². The van der Waals surface area contributed by atoms with Crippen LogP contribution in [0.5, 0.6) is 0 Å². The van der Waals surface area contributed by atoms with E-state index in [0.717, 1.165) is 12.8 Å². The SMILES string of the molecule is C=CC(=O)OCCCCCCCCCC.OCCOCCOCCO. The molecule has 0 aromatic heterocycles. The lowest BCUT2D eigenvalue weighted by Crippen LogP contribution is -2.09. The van der Waals surface area contributed by atoms with Gasteiger partial charge >= 0.3 is 5.97 Å². The summed E-state index contributed by atoms with van der Waals surface area (Å²) in [7, 11) is 0. The van der Waals surface area contributed by atoms with E-state index >= 15 is 0 Å². The number of unbranched alkanes of at least 4 members (excludes halogenated alkanes) is 7. The van der Waals surface area contributed by atoms with E-state index in [1.165, 1.54) is 44.6 Å². The van der Waals surface area contributed by atoms with Crippen molar-refractivity contribution in [3.05, 3.63) is 12.7 Å². The molecule has 0 aliphatic heterocycles. The van der Waals surface area contributed by atoms with Gasteiger partial charge in [0.2, 0.25) is 0 Å². The van der Waals surface area contributed by atoms with Crippen molar-refractivity contribution >= 4 is 5.97 Å². The van der Waals surface area contributed by atoms with Crippen LogP contribution in [-0.2, 0) is 19.0 Å². The molecule has 0 heterocycles. The molecule has 0 radical (unpaired) electrons.